The maximum Gasteiger partial charge on any atom is 0.273 e. The van der Waals surface area contributed by atoms with E-state index in [0.717, 1.165) is 23.5 Å². The quantitative estimate of drug-likeness (QED) is 0.0660. The monoisotopic (exact) mass is 578 g/mol. The lowest BCUT2D eigenvalue weighted by Gasteiger charge is -2.11. The first-order valence-corrected chi connectivity index (χ1v) is 12.1. The molecule has 0 amide bonds. The number of nitro benzene ring substituents is 2. The van der Waals surface area contributed by atoms with E-state index in [9.17, 15) is 30.4 Å². The molecule has 204 valence electrons. The fourth-order valence-electron chi connectivity index (χ4n) is 3.09. The SMILES string of the molecule is O=[N+]([O-])c1ccc(NC(=S)Nc2ccccc2)c(O)c1.O=[N+]([O-])c1ccc(NC(=S)Nc2ccccc2)c(O)c1. The summed E-state index contributed by atoms with van der Waals surface area (Å²) in [5, 5.41) is 52.5. The minimum absolute atomic E-state index is 0.185. The molecule has 12 nitrogen and oxygen atoms in total. The number of anilines is 4. The number of rotatable bonds is 6. The van der Waals surface area contributed by atoms with Gasteiger partial charge in [-0.3, -0.25) is 20.2 Å². The van der Waals surface area contributed by atoms with Crippen LogP contribution in [0.15, 0.2) is 97.1 Å². The van der Waals surface area contributed by atoms with E-state index in [4.69, 9.17) is 24.4 Å². The summed E-state index contributed by atoms with van der Waals surface area (Å²) in [7, 11) is 0. The Morgan fingerprint density at radius 1 is 0.575 bits per heavy atom. The van der Waals surface area contributed by atoms with Crippen molar-refractivity contribution in [3.8, 4) is 11.5 Å². The van der Waals surface area contributed by atoms with Crippen LogP contribution in [-0.2, 0) is 0 Å². The maximum atomic E-state index is 10.6. The lowest BCUT2D eigenvalue weighted by atomic mass is 10.2. The first-order valence-electron chi connectivity index (χ1n) is 11.3. The number of hydrogen-bond donors (Lipinski definition) is 6. The molecule has 4 aromatic rings. The number of aromatic hydroxyl groups is 2. The van der Waals surface area contributed by atoms with Gasteiger partial charge in [-0.2, -0.15) is 0 Å². The number of hydrogen-bond acceptors (Lipinski definition) is 8. The minimum Gasteiger partial charge on any atom is -0.506 e. The van der Waals surface area contributed by atoms with Gasteiger partial charge in [0.05, 0.1) is 33.4 Å². The topological polar surface area (TPSA) is 175 Å². The molecule has 0 saturated heterocycles. The van der Waals surface area contributed by atoms with Crippen LogP contribution in [0.2, 0.25) is 0 Å². The third-order valence-electron chi connectivity index (χ3n) is 4.94. The molecule has 0 aliphatic heterocycles. The van der Waals surface area contributed by atoms with Crippen LogP contribution in [0.25, 0.3) is 0 Å². The second-order valence-electron chi connectivity index (χ2n) is 7.81. The van der Waals surface area contributed by atoms with E-state index in [0.29, 0.717) is 11.4 Å². The van der Waals surface area contributed by atoms with Gasteiger partial charge in [0, 0.05) is 23.5 Å². The van der Waals surface area contributed by atoms with E-state index in [1.807, 2.05) is 60.7 Å². The third kappa shape index (κ3) is 8.90. The van der Waals surface area contributed by atoms with Crippen LogP contribution in [0, 0.1) is 20.2 Å². The Kier molecular flexibility index (Phi) is 10.2. The van der Waals surface area contributed by atoms with Gasteiger partial charge in [0.2, 0.25) is 0 Å². The normalized spacial score (nSPS) is 9.80. The predicted octanol–water partition coefficient (Wildman–Crippen LogP) is 6.22. The van der Waals surface area contributed by atoms with Crippen LogP contribution < -0.4 is 21.3 Å². The predicted molar refractivity (Wildman–Crippen MR) is 162 cm³/mol. The molecule has 0 unspecified atom stereocenters. The summed E-state index contributed by atoms with van der Waals surface area (Å²) >= 11 is 10.2. The van der Waals surface area contributed by atoms with Gasteiger partial charge in [0.1, 0.15) is 11.5 Å². The molecular formula is C26H22N6O6S2. The highest BCUT2D eigenvalue weighted by molar-refractivity contribution is 7.81. The number of non-ortho nitro benzene ring substituents is 2. The van der Waals surface area contributed by atoms with Gasteiger partial charge in [-0.15, -0.1) is 0 Å². The lowest BCUT2D eigenvalue weighted by Crippen LogP contribution is -2.19. The van der Waals surface area contributed by atoms with Crippen LogP contribution in [0.4, 0.5) is 34.1 Å². The van der Waals surface area contributed by atoms with Crippen LogP contribution in [0.5, 0.6) is 11.5 Å². The molecule has 0 aliphatic carbocycles. The number of benzene rings is 4. The highest BCUT2D eigenvalue weighted by Crippen LogP contribution is 2.29. The van der Waals surface area contributed by atoms with Crippen molar-refractivity contribution in [1.29, 1.82) is 0 Å². The zero-order chi connectivity index (χ0) is 29.1. The molecule has 0 spiro atoms. The molecule has 0 aromatic heterocycles. The van der Waals surface area contributed by atoms with Crippen molar-refractivity contribution < 1.29 is 20.1 Å². The van der Waals surface area contributed by atoms with Crippen molar-refractivity contribution in [3.05, 3.63) is 117 Å². The average molecular weight is 579 g/mol. The third-order valence-corrected chi connectivity index (χ3v) is 5.35. The highest BCUT2D eigenvalue weighted by atomic mass is 32.1. The van der Waals surface area contributed by atoms with Gasteiger partial charge in [-0.25, -0.2) is 0 Å². The van der Waals surface area contributed by atoms with E-state index >= 15 is 0 Å². The molecule has 14 heteroatoms. The van der Waals surface area contributed by atoms with Crippen LogP contribution in [0.1, 0.15) is 0 Å². The van der Waals surface area contributed by atoms with Gasteiger partial charge >= 0.3 is 0 Å². The molecule has 0 saturated carbocycles. The smallest absolute Gasteiger partial charge is 0.273 e. The Labute approximate surface area is 238 Å². The standard InChI is InChI=1S/2C13H11N3O3S/c2*17-12-8-10(16(18)19)6-7-11(12)15-13(20)14-9-4-2-1-3-5-9/h2*1-8,17H,(H2,14,15,20). The van der Waals surface area contributed by atoms with Crippen molar-refractivity contribution in [2.24, 2.45) is 0 Å². The second-order valence-corrected chi connectivity index (χ2v) is 8.62. The molecule has 0 bridgehead atoms. The van der Waals surface area contributed by atoms with Gasteiger partial charge < -0.3 is 31.5 Å². The summed E-state index contributed by atoms with van der Waals surface area (Å²) in [5.74, 6) is -0.479. The summed E-state index contributed by atoms with van der Waals surface area (Å²) in [6.45, 7) is 0. The summed E-state index contributed by atoms with van der Waals surface area (Å²) in [6.07, 6.45) is 0. The Morgan fingerprint density at radius 3 is 1.23 bits per heavy atom. The van der Waals surface area contributed by atoms with Gasteiger partial charge in [-0.1, -0.05) is 36.4 Å². The molecule has 0 fully saturated rings. The second kappa shape index (κ2) is 14.0. The summed E-state index contributed by atoms with van der Waals surface area (Å²) in [4.78, 5) is 20.0. The van der Waals surface area contributed by atoms with Gasteiger partial charge in [0.25, 0.3) is 11.4 Å². The molecule has 0 aliphatic rings. The van der Waals surface area contributed by atoms with Gasteiger partial charge in [0.15, 0.2) is 10.2 Å². The fraction of sp³-hybridized carbons (Fsp3) is 0. The van der Waals surface area contributed by atoms with Crippen molar-refractivity contribution in [3.63, 3.8) is 0 Å². The van der Waals surface area contributed by atoms with Crippen LogP contribution in [-0.4, -0.2) is 30.3 Å². The Hall–Kier alpha value is -5.34. The largest absolute Gasteiger partial charge is 0.506 e. The van der Waals surface area contributed by atoms with Gasteiger partial charge in [-0.05, 0) is 60.8 Å². The zero-order valence-electron chi connectivity index (χ0n) is 20.5. The van der Waals surface area contributed by atoms with Crippen molar-refractivity contribution >= 4 is 68.8 Å². The Balaban J connectivity index is 0.000000220. The van der Waals surface area contributed by atoms with E-state index < -0.39 is 9.85 Å². The summed E-state index contributed by atoms with van der Waals surface area (Å²) in [5.41, 5.74) is 1.82. The molecule has 4 aromatic carbocycles. The number of phenolic OH excluding ortho intramolecular Hbond substituents is 2. The van der Waals surface area contributed by atoms with E-state index in [1.165, 1.54) is 24.3 Å². The van der Waals surface area contributed by atoms with Crippen LogP contribution in [0.3, 0.4) is 0 Å². The highest BCUT2D eigenvalue weighted by Gasteiger charge is 2.12. The molecule has 6 N–H and O–H groups in total. The minimum atomic E-state index is -0.579. The number of nitrogens with zero attached hydrogens (tertiary/aromatic N) is 2. The number of para-hydroxylation sites is 2. The number of nitrogens with one attached hydrogen (secondary N) is 4. The molecule has 4 rings (SSSR count). The molecule has 0 radical (unpaired) electrons. The zero-order valence-corrected chi connectivity index (χ0v) is 22.1. The Morgan fingerprint density at radius 2 is 0.925 bits per heavy atom. The van der Waals surface area contributed by atoms with Crippen molar-refractivity contribution in [2.75, 3.05) is 21.3 Å². The van der Waals surface area contributed by atoms with E-state index in [-0.39, 0.29) is 33.1 Å². The fourth-order valence-corrected chi connectivity index (χ4v) is 3.55. The number of thiocarbonyl (C=S) groups is 2. The number of nitro groups is 2. The van der Waals surface area contributed by atoms with Crippen molar-refractivity contribution in [2.45, 2.75) is 0 Å². The summed E-state index contributed by atoms with van der Waals surface area (Å²) < 4.78 is 0. The van der Waals surface area contributed by atoms with E-state index in [1.54, 1.807) is 0 Å². The molecule has 0 heterocycles. The lowest BCUT2D eigenvalue weighted by molar-refractivity contribution is -0.385. The maximum absolute atomic E-state index is 10.6. The van der Waals surface area contributed by atoms with Crippen molar-refractivity contribution in [1.82, 2.24) is 0 Å². The van der Waals surface area contributed by atoms with E-state index in [2.05, 4.69) is 21.3 Å². The first-order chi connectivity index (χ1) is 19.1. The summed E-state index contributed by atoms with van der Waals surface area (Å²) in [6, 6.07) is 26.0. The number of phenols is 2. The van der Waals surface area contributed by atoms with Crippen LogP contribution >= 0.6 is 24.4 Å². The molecule has 40 heavy (non-hydrogen) atoms. The Bertz CT molecular complexity index is 1410. The average Bonchev–Trinajstić information content (AvgIpc) is 2.92. The first kappa shape index (κ1) is 29.2. The molecule has 0 atom stereocenters. The molecular weight excluding hydrogens is 556 g/mol.